The SMILES string of the molecule is CC1=CCCC2(C)C(CCC2(O)CN(Cc2cccc3ccccc23)S(=O)(=O)c2cccs2)c2ccc(cc2C(=O)C2CCCCC2)CC(O)CC1. The maximum atomic E-state index is 14.5. The van der Waals surface area contributed by atoms with E-state index in [2.05, 4.69) is 32.1 Å². The molecule has 0 saturated heterocycles. The van der Waals surface area contributed by atoms with Crippen LogP contribution in [0.3, 0.4) is 0 Å². The van der Waals surface area contributed by atoms with Gasteiger partial charge in [0, 0.05) is 30.0 Å². The Morgan fingerprint density at radius 3 is 2.52 bits per heavy atom. The summed E-state index contributed by atoms with van der Waals surface area (Å²) in [5.41, 5.74) is 2.66. The molecule has 0 amide bonds. The zero-order chi connectivity index (χ0) is 36.5. The normalized spacial score (nSPS) is 26.3. The van der Waals surface area contributed by atoms with Gasteiger partial charge in [0.2, 0.25) is 0 Å². The number of fused-ring (bicyclic) bond motifs is 9. The summed E-state index contributed by atoms with van der Waals surface area (Å²) < 4.78 is 30.9. The average molecular weight is 740 g/mol. The van der Waals surface area contributed by atoms with Gasteiger partial charge < -0.3 is 10.2 Å². The van der Waals surface area contributed by atoms with Crippen molar-refractivity contribution >= 4 is 37.9 Å². The molecule has 2 saturated carbocycles. The standard InChI is InChI=1S/C44H53NO5S2/c1-31-11-9-24-43(2)40(38-22-20-32(27-36(46)21-19-31)28-39(38)42(47)34-13-4-3-5-14-34)23-25-44(43,48)30-45(52(49,50)41-18-10-26-51-41)29-35-16-8-15-33-12-6-7-17-37(33)35/h6-8,10-12,15-18,20,22,26,28,34,36,40,46,48H,3-5,9,13-14,19,21,23-25,27,29-30H2,1-2H3. The van der Waals surface area contributed by atoms with Crippen LogP contribution in [0.2, 0.25) is 0 Å². The number of sulfonamides is 1. The predicted molar refractivity (Wildman–Crippen MR) is 210 cm³/mol. The highest BCUT2D eigenvalue weighted by Crippen LogP contribution is 2.59. The van der Waals surface area contributed by atoms with Gasteiger partial charge in [0.15, 0.2) is 5.78 Å². The van der Waals surface area contributed by atoms with Crippen LogP contribution in [0.25, 0.3) is 10.8 Å². The van der Waals surface area contributed by atoms with Crippen LogP contribution in [0.4, 0.5) is 0 Å². The van der Waals surface area contributed by atoms with Crippen molar-refractivity contribution in [1.82, 2.24) is 4.31 Å². The smallest absolute Gasteiger partial charge is 0.252 e. The first-order valence-electron chi connectivity index (χ1n) is 19.2. The monoisotopic (exact) mass is 739 g/mol. The van der Waals surface area contributed by atoms with Crippen molar-refractivity contribution < 1.29 is 23.4 Å². The molecule has 4 aromatic rings. The minimum atomic E-state index is -3.96. The van der Waals surface area contributed by atoms with Crippen molar-refractivity contribution in [2.24, 2.45) is 11.3 Å². The van der Waals surface area contributed by atoms with E-state index < -0.39 is 27.1 Å². The fourth-order valence-corrected chi connectivity index (χ4v) is 12.1. The van der Waals surface area contributed by atoms with E-state index in [0.29, 0.717) is 38.5 Å². The van der Waals surface area contributed by atoms with Gasteiger partial charge >= 0.3 is 0 Å². The molecule has 8 heteroatoms. The van der Waals surface area contributed by atoms with E-state index in [1.54, 1.807) is 17.5 Å². The highest BCUT2D eigenvalue weighted by atomic mass is 32.2. The number of Topliss-reactive ketones (excluding diaryl/α,β-unsaturated/α-hetero) is 1. The van der Waals surface area contributed by atoms with Gasteiger partial charge in [-0.3, -0.25) is 4.79 Å². The van der Waals surface area contributed by atoms with Crippen LogP contribution < -0.4 is 0 Å². The summed E-state index contributed by atoms with van der Waals surface area (Å²) in [6.45, 7) is 4.32. The topological polar surface area (TPSA) is 94.9 Å². The van der Waals surface area contributed by atoms with E-state index in [0.717, 1.165) is 71.6 Å². The van der Waals surface area contributed by atoms with E-state index in [1.165, 1.54) is 21.2 Å². The quantitative estimate of drug-likeness (QED) is 0.139. The largest absolute Gasteiger partial charge is 0.393 e. The summed E-state index contributed by atoms with van der Waals surface area (Å²) in [7, 11) is -3.96. The second kappa shape index (κ2) is 15.3. The number of nitrogens with zero attached hydrogens (tertiary/aromatic N) is 1. The number of carbonyl (C=O) groups excluding carboxylic acids is 1. The van der Waals surface area contributed by atoms with Crippen LogP contribution in [0, 0.1) is 11.3 Å². The lowest BCUT2D eigenvalue weighted by molar-refractivity contribution is -0.0731. The number of benzene rings is 3. The fraction of sp³-hybridized carbons (Fsp3) is 0.477. The number of carbonyl (C=O) groups is 1. The van der Waals surface area contributed by atoms with Crippen LogP contribution in [0.5, 0.6) is 0 Å². The molecule has 8 rings (SSSR count). The number of hydrogen-bond donors (Lipinski definition) is 2. The first-order valence-corrected chi connectivity index (χ1v) is 21.5. The van der Waals surface area contributed by atoms with Crippen LogP contribution in [0.1, 0.15) is 117 Å². The van der Waals surface area contributed by atoms with Crippen LogP contribution in [0.15, 0.2) is 94.0 Å². The number of thiophene rings is 1. The number of aliphatic hydroxyl groups excluding tert-OH is 1. The van der Waals surface area contributed by atoms with Gasteiger partial charge in [-0.25, -0.2) is 8.42 Å². The molecule has 4 aliphatic carbocycles. The van der Waals surface area contributed by atoms with Gasteiger partial charge in [0.05, 0.1) is 11.7 Å². The van der Waals surface area contributed by atoms with Crippen LogP contribution in [-0.4, -0.2) is 47.0 Å². The molecule has 2 fully saturated rings. The van der Waals surface area contributed by atoms with Crippen LogP contribution in [-0.2, 0) is 23.0 Å². The highest BCUT2D eigenvalue weighted by Gasteiger charge is 2.58. The number of allylic oxidation sites excluding steroid dienone is 2. The Labute approximate surface area is 313 Å². The molecule has 1 aromatic heterocycles. The van der Waals surface area contributed by atoms with Crippen molar-refractivity contribution in [3.63, 3.8) is 0 Å². The lowest BCUT2D eigenvalue weighted by Crippen LogP contribution is -2.53. The zero-order valence-electron chi connectivity index (χ0n) is 30.6. The number of hydrogen-bond acceptors (Lipinski definition) is 6. The van der Waals surface area contributed by atoms with E-state index in [-0.39, 0.29) is 34.9 Å². The molecule has 4 atom stereocenters. The van der Waals surface area contributed by atoms with E-state index in [4.69, 9.17) is 0 Å². The third-order valence-corrected chi connectivity index (χ3v) is 15.8. The van der Waals surface area contributed by atoms with Crippen molar-refractivity contribution in [2.75, 3.05) is 6.54 Å². The molecule has 6 nitrogen and oxygen atoms in total. The summed E-state index contributed by atoms with van der Waals surface area (Å²) in [4.78, 5) is 14.5. The molecular weight excluding hydrogens is 687 g/mol. The predicted octanol–water partition coefficient (Wildman–Crippen LogP) is 9.59. The molecule has 4 aliphatic rings. The van der Waals surface area contributed by atoms with Gasteiger partial charge in [0.1, 0.15) is 4.21 Å². The second-order valence-electron chi connectivity index (χ2n) is 16.0. The van der Waals surface area contributed by atoms with Crippen molar-refractivity contribution in [2.45, 2.75) is 119 Å². The first kappa shape index (κ1) is 37.2. The Balaban J connectivity index is 1.32. The Kier molecular flexibility index (Phi) is 10.9. The molecule has 1 heterocycles. The van der Waals surface area contributed by atoms with Crippen molar-refractivity contribution in [3.05, 3.63) is 112 Å². The maximum Gasteiger partial charge on any atom is 0.252 e. The Morgan fingerprint density at radius 1 is 0.942 bits per heavy atom. The molecule has 0 spiro atoms. The highest BCUT2D eigenvalue weighted by molar-refractivity contribution is 7.91. The molecule has 2 N–H and O–H groups in total. The second-order valence-corrected chi connectivity index (χ2v) is 19.1. The molecule has 4 unspecified atom stereocenters. The lowest BCUT2D eigenvalue weighted by atomic mass is 9.64. The van der Waals surface area contributed by atoms with E-state index in [1.807, 2.05) is 48.5 Å². The first-order chi connectivity index (χ1) is 25.0. The zero-order valence-corrected chi connectivity index (χ0v) is 32.2. The molecule has 0 aliphatic heterocycles. The molecule has 3 aromatic carbocycles. The minimum absolute atomic E-state index is 0.0178. The molecular formula is C44H53NO5S2. The Morgan fingerprint density at radius 2 is 1.73 bits per heavy atom. The van der Waals surface area contributed by atoms with Gasteiger partial charge in [-0.1, -0.05) is 98.5 Å². The van der Waals surface area contributed by atoms with Crippen molar-refractivity contribution in [1.29, 1.82) is 0 Å². The van der Waals surface area contributed by atoms with Crippen molar-refractivity contribution in [3.8, 4) is 0 Å². The summed E-state index contributed by atoms with van der Waals surface area (Å²) in [6.07, 6.45) is 11.1. The minimum Gasteiger partial charge on any atom is -0.393 e. The lowest BCUT2D eigenvalue weighted by Gasteiger charge is -2.46. The third kappa shape index (κ3) is 7.34. The van der Waals surface area contributed by atoms with E-state index in [9.17, 15) is 23.4 Å². The molecule has 2 bridgehead atoms. The molecule has 52 heavy (non-hydrogen) atoms. The third-order valence-electron chi connectivity index (χ3n) is 12.7. The van der Waals surface area contributed by atoms with Gasteiger partial charge in [-0.15, -0.1) is 11.3 Å². The Hall–Kier alpha value is -3.14. The molecule has 0 radical (unpaired) electrons. The van der Waals surface area contributed by atoms with Gasteiger partial charge in [-0.05, 0) is 116 Å². The summed E-state index contributed by atoms with van der Waals surface area (Å²) in [6, 6.07) is 23.6. The summed E-state index contributed by atoms with van der Waals surface area (Å²) >= 11 is 1.20. The fourth-order valence-electron chi connectivity index (χ4n) is 9.47. The van der Waals surface area contributed by atoms with Crippen LogP contribution >= 0.6 is 11.3 Å². The maximum absolute atomic E-state index is 14.5. The van der Waals surface area contributed by atoms with Gasteiger partial charge in [-0.2, -0.15) is 4.31 Å². The van der Waals surface area contributed by atoms with E-state index >= 15 is 0 Å². The molecule has 276 valence electrons. The number of aliphatic hydroxyl groups is 2. The average Bonchev–Trinajstić information content (AvgIpc) is 3.78. The number of rotatable bonds is 8. The summed E-state index contributed by atoms with van der Waals surface area (Å²) in [5.74, 6) is 0.0137. The summed E-state index contributed by atoms with van der Waals surface area (Å²) in [5, 5.41) is 28.0. The Bertz CT molecular complexity index is 2030. The van der Waals surface area contributed by atoms with Gasteiger partial charge in [0.25, 0.3) is 10.0 Å². The number of ketones is 1.